The second kappa shape index (κ2) is 2.75. The van der Waals surface area contributed by atoms with Crippen LogP contribution in [-0.4, -0.2) is 11.6 Å². The van der Waals surface area contributed by atoms with Gasteiger partial charge in [0.1, 0.15) is 5.76 Å². The first kappa shape index (κ1) is 8.33. The van der Waals surface area contributed by atoms with Crippen molar-refractivity contribution >= 4 is 5.78 Å². The zero-order chi connectivity index (χ0) is 9.60. The molecule has 0 bridgehead atoms. The molecule has 3 nitrogen and oxygen atoms in total. The minimum absolute atomic E-state index is 0.127. The van der Waals surface area contributed by atoms with Crippen molar-refractivity contribution in [3.63, 3.8) is 0 Å². The predicted octanol–water partition coefficient (Wildman–Crippen LogP) is 2.27. The fraction of sp³-hybridized carbons (Fsp3) is 0.727. The molecule has 0 aromatic rings. The summed E-state index contributed by atoms with van der Waals surface area (Å²) in [5.74, 6) is 1.03. The Labute approximate surface area is 83.1 Å². The number of ketones is 1. The Bertz CT molecular complexity index is 310. The molecule has 1 fully saturated rings. The summed E-state index contributed by atoms with van der Waals surface area (Å²) in [7, 11) is 0. The highest BCUT2D eigenvalue weighted by Gasteiger charge is 2.47. The number of rotatable bonds is 0. The molecule has 0 N–H and O–H groups in total. The van der Waals surface area contributed by atoms with Gasteiger partial charge in [-0.2, -0.15) is 0 Å². The van der Waals surface area contributed by atoms with Crippen molar-refractivity contribution in [3.05, 3.63) is 11.5 Å². The van der Waals surface area contributed by atoms with E-state index in [2.05, 4.69) is 0 Å². The standard InChI is InChI=1S/C11H14O3/c12-8-4-5-9-10(8)14-11(13-9)6-2-1-3-7-11/h1-7H2. The van der Waals surface area contributed by atoms with E-state index in [0.29, 0.717) is 12.2 Å². The summed E-state index contributed by atoms with van der Waals surface area (Å²) in [6.07, 6.45) is 6.74. The minimum atomic E-state index is -0.445. The van der Waals surface area contributed by atoms with E-state index in [4.69, 9.17) is 9.47 Å². The van der Waals surface area contributed by atoms with Gasteiger partial charge in [0, 0.05) is 25.7 Å². The largest absolute Gasteiger partial charge is 0.453 e. The molecule has 3 aliphatic rings. The second-order valence-electron chi connectivity index (χ2n) is 4.35. The third-order valence-electron chi connectivity index (χ3n) is 3.30. The van der Waals surface area contributed by atoms with Gasteiger partial charge >= 0.3 is 0 Å². The summed E-state index contributed by atoms with van der Waals surface area (Å²) in [6, 6.07) is 0. The summed E-state index contributed by atoms with van der Waals surface area (Å²) in [5.41, 5.74) is 0. The maximum atomic E-state index is 11.4. The monoisotopic (exact) mass is 194 g/mol. The highest BCUT2D eigenvalue weighted by molar-refractivity contribution is 5.96. The molecule has 0 atom stereocenters. The summed E-state index contributed by atoms with van der Waals surface area (Å²) >= 11 is 0. The molecule has 1 heterocycles. The Morgan fingerprint density at radius 2 is 1.79 bits per heavy atom. The molecule has 0 aromatic carbocycles. The van der Waals surface area contributed by atoms with Gasteiger partial charge in [-0.05, 0) is 12.8 Å². The van der Waals surface area contributed by atoms with Crippen LogP contribution in [0.5, 0.6) is 0 Å². The zero-order valence-corrected chi connectivity index (χ0v) is 8.17. The van der Waals surface area contributed by atoms with Gasteiger partial charge in [0.2, 0.25) is 11.5 Å². The van der Waals surface area contributed by atoms with E-state index in [9.17, 15) is 4.79 Å². The molecule has 0 aromatic heterocycles. The van der Waals surface area contributed by atoms with Gasteiger partial charge < -0.3 is 9.47 Å². The van der Waals surface area contributed by atoms with Crippen LogP contribution in [0.4, 0.5) is 0 Å². The summed E-state index contributed by atoms with van der Waals surface area (Å²) < 4.78 is 11.6. The fourth-order valence-electron chi connectivity index (χ4n) is 2.55. The Kier molecular flexibility index (Phi) is 1.64. The Balaban J connectivity index is 1.81. The summed E-state index contributed by atoms with van der Waals surface area (Å²) in [6.45, 7) is 0. The van der Waals surface area contributed by atoms with Gasteiger partial charge in [-0.25, -0.2) is 0 Å². The van der Waals surface area contributed by atoms with Crippen molar-refractivity contribution in [3.8, 4) is 0 Å². The lowest BCUT2D eigenvalue weighted by molar-refractivity contribution is -0.180. The zero-order valence-electron chi connectivity index (χ0n) is 8.17. The lowest BCUT2D eigenvalue weighted by atomic mass is 9.94. The number of hydrogen-bond acceptors (Lipinski definition) is 3. The predicted molar refractivity (Wildman–Crippen MR) is 49.3 cm³/mol. The molecule has 0 unspecified atom stereocenters. The lowest BCUT2D eigenvalue weighted by Gasteiger charge is -2.32. The molecule has 14 heavy (non-hydrogen) atoms. The van der Waals surface area contributed by atoms with E-state index in [1.807, 2.05) is 0 Å². The van der Waals surface area contributed by atoms with Crippen LogP contribution in [0.25, 0.3) is 0 Å². The van der Waals surface area contributed by atoms with Crippen LogP contribution in [-0.2, 0) is 14.3 Å². The number of Topliss-reactive ketones (excluding diaryl/α,β-unsaturated/α-hetero) is 1. The van der Waals surface area contributed by atoms with E-state index < -0.39 is 5.79 Å². The van der Waals surface area contributed by atoms with Gasteiger partial charge in [-0.3, -0.25) is 4.79 Å². The van der Waals surface area contributed by atoms with Crippen LogP contribution in [0.15, 0.2) is 11.5 Å². The first-order chi connectivity index (χ1) is 6.79. The fourth-order valence-corrected chi connectivity index (χ4v) is 2.55. The second-order valence-corrected chi connectivity index (χ2v) is 4.35. The van der Waals surface area contributed by atoms with Crippen LogP contribution in [0, 0.1) is 0 Å². The lowest BCUT2D eigenvalue weighted by Crippen LogP contribution is -2.34. The number of carbonyl (C=O) groups is 1. The van der Waals surface area contributed by atoms with Crippen molar-refractivity contribution < 1.29 is 14.3 Å². The SMILES string of the molecule is O=C1CCC2=C1OC1(CCCCC1)O2. The van der Waals surface area contributed by atoms with Crippen molar-refractivity contribution in [1.29, 1.82) is 0 Å². The van der Waals surface area contributed by atoms with Crippen molar-refractivity contribution in [2.24, 2.45) is 0 Å². The Hall–Kier alpha value is -0.990. The topological polar surface area (TPSA) is 35.5 Å². The van der Waals surface area contributed by atoms with Gasteiger partial charge in [0.25, 0.3) is 5.79 Å². The van der Waals surface area contributed by atoms with Crippen LogP contribution < -0.4 is 0 Å². The molecule has 76 valence electrons. The smallest absolute Gasteiger partial charge is 0.251 e. The average Bonchev–Trinajstić information content (AvgIpc) is 2.68. The van der Waals surface area contributed by atoms with E-state index in [0.717, 1.165) is 37.9 Å². The van der Waals surface area contributed by atoms with Crippen LogP contribution in [0.1, 0.15) is 44.9 Å². The average molecular weight is 194 g/mol. The van der Waals surface area contributed by atoms with Gasteiger partial charge in [0.05, 0.1) is 0 Å². The number of ether oxygens (including phenoxy) is 2. The van der Waals surface area contributed by atoms with E-state index >= 15 is 0 Å². The van der Waals surface area contributed by atoms with Crippen molar-refractivity contribution in [2.75, 3.05) is 0 Å². The molecule has 0 saturated heterocycles. The number of carbonyl (C=O) groups excluding carboxylic acids is 1. The van der Waals surface area contributed by atoms with Crippen molar-refractivity contribution in [2.45, 2.75) is 50.7 Å². The van der Waals surface area contributed by atoms with Gasteiger partial charge in [-0.1, -0.05) is 6.42 Å². The molecule has 0 radical (unpaired) electrons. The quantitative estimate of drug-likeness (QED) is 0.593. The summed E-state index contributed by atoms with van der Waals surface area (Å²) in [4.78, 5) is 11.4. The maximum absolute atomic E-state index is 11.4. The molecular weight excluding hydrogens is 180 g/mol. The van der Waals surface area contributed by atoms with Crippen LogP contribution >= 0.6 is 0 Å². The Morgan fingerprint density at radius 3 is 2.50 bits per heavy atom. The first-order valence-corrected chi connectivity index (χ1v) is 5.43. The molecule has 2 aliphatic carbocycles. The number of allylic oxidation sites excluding steroid dienone is 2. The van der Waals surface area contributed by atoms with Gasteiger partial charge in [-0.15, -0.1) is 0 Å². The van der Waals surface area contributed by atoms with Crippen LogP contribution in [0.3, 0.4) is 0 Å². The van der Waals surface area contributed by atoms with Crippen LogP contribution in [0.2, 0.25) is 0 Å². The third kappa shape index (κ3) is 1.08. The molecule has 3 heteroatoms. The molecule has 1 saturated carbocycles. The highest BCUT2D eigenvalue weighted by Crippen LogP contribution is 2.45. The molecule has 0 amide bonds. The normalized spacial score (nSPS) is 29.0. The van der Waals surface area contributed by atoms with Gasteiger partial charge in [0.15, 0.2) is 0 Å². The Morgan fingerprint density at radius 1 is 1.00 bits per heavy atom. The van der Waals surface area contributed by atoms with E-state index in [1.165, 1.54) is 6.42 Å². The molecule has 1 aliphatic heterocycles. The first-order valence-electron chi connectivity index (χ1n) is 5.43. The van der Waals surface area contributed by atoms with E-state index in [1.54, 1.807) is 0 Å². The van der Waals surface area contributed by atoms with Crippen molar-refractivity contribution in [1.82, 2.24) is 0 Å². The minimum Gasteiger partial charge on any atom is -0.453 e. The highest BCUT2D eigenvalue weighted by atomic mass is 16.7. The summed E-state index contributed by atoms with van der Waals surface area (Å²) in [5, 5.41) is 0. The molecule has 3 rings (SSSR count). The maximum Gasteiger partial charge on any atom is 0.251 e. The number of hydrogen-bond donors (Lipinski definition) is 0. The molecule has 1 spiro atoms. The third-order valence-corrected chi connectivity index (χ3v) is 3.30. The molecular formula is C11H14O3. The van der Waals surface area contributed by atoms with E-state index in [-0.39, 0.29) is 5.78 Å².